The molecule has 2 fully saturated rings. The molecule has 0 spiro atoms. The zero-order valence-corrected chi connectivity index (χ0v) is 16.0. The Balaban J connectivity index is 1.85. The number of carbonyl (C=O) groups excluding carboxylic acids is 1. The molecule has 4 nitrogen and oxygen atoms in total. The fourth-order valence-corrected chi connectivity index (χ4v) is 4.64. The highest BCUT2D eigenvalue weighted by Gasteiger charge is 2.49. The second kappa shape index (κ2) is 8.05. The lowest BCUT2D eigenvalue weighted by atomic mass is 9.66. The van der Waals surface area contributed by atoms with Gasteiger partial charge < -0.3 is 14.8 Å². The molecule has 1 heterocycles. The second-order valence-electron chi connectivity index (χ2n) is 8.12. The molecular formula is C21H30FNO3. The lowest BCUT2D eigenvalue weighted by Gasteiger charge is -2.52. The summed E-state index contributed by atoms with van der Waals surface area (Å²) in [4.78, 5) is 12.4. The van der Waals surface area contributed by atoms with Gasteiger partial charge in [0.1, 0.15) is 5.82 Å². The Morgan fingerprint density at radius 2 is 2.15 bits per heavy atom. The number of carbonyl (C=O) groups is 1. The summed E-state index contributed by atoms with van der Waals surface area (Å²) in [5.74, 6) is 0.589. The van der Waals surface area contributed by atoms with Gasteiger partial charge in [-0.2, -0.15) is 0 Å². The SMILES string of the molecule is COCCC(=O)N[C@]1(C)C[C@H](c2ccccc2F)O[C@@H]2C[C@H](C)CC[C@H]21. The lowest BCUT2D eigenvalue weighted by molar-refractivity contribution is -0.154. The van der Waals surface area contributed by atoms with Gasteiger partial charge in [0.25, 0.3) is 0 Å². The maximum absolute atomic E-state index is 14.4. The second-order valence-corrected chi connectivity index (χ2v) is 8.12. The fraction of sp³-hybridized carbons (Fsp3) is 0.667. The van der Waals surface area contributed by atoms with Crippen LogP contribution >= 0.6 is 0 Å². The normalized spacial score (nSPS) is 34.2. The monoisotopic (exact) mass is 363 g/mol. The standard InChI is InChI=1S/C21H30FNO3/c1-14-8-9-16-18(12-14)26-19(15-6-4-5-7-17(15)22)13-21(16,2)23-20(24)10-11-25-3/h4-7,14,16,18-19H,8-13H2,1-3H3,(H,23,24)/t14-,16-,18-,19-,21-/m1/s1. The molecule has 3 rings (SSSR count). The first-order valence-corrected chi connectivity index (χ1v) is 9.63. The third-order valence-corrected chi connectivity index (χ3v) is 6.03. The maximum atomic E-state index is 14.4. The predicted molar refractivity (Wildman–Crippen MR) is 98.2 cm³/mol. The van der Waals surface area contributed by atoms with E-state index in [1.54, 1.807) is 19.2 Å². The van der Waals surface area contributed by atoms with E-state index in [-0.39, 0.29) is 29.9 Å². The van der Waals surface area contributed by atoms with Crippen LogP contribution in [0.25, 0.3) is 0 Å². The molecule has 5 atom stereocenters. The van der Waals surface area contributed by atoms with Crippen molar-refractivity contribution in [3.63, 3.8) is 0 Å². The number of hydrogen-bond acceptors (Lipinski definition) is 3. The highest BCUT2D eigenvalue weighted by Crippen LogP contribution is 2.48. The van der Waals surface area contributed by atoms with E-state index in [4.69, 9.17) is 9.47 Å². The molecule has 5 heteroatoms. The lowest BCUT2D eigenvalue weighted by Crippen LogP contribution is -2.60. The van der Waals surface area contributed by atoms with Gasteiger partial charge in [0.05, 0.1) is 18.8 Å². The smallest absolute Gasteiger partial charge is 0.222 e. The number of fused-ring (bicyclic) bond motifs is 1. The van der Waals surface area contributed by atoms with E-state index in [0.717, 1.165) is 19.3 Å². The average Bonchev–Trinajstić information content (AvgIpc) is 2.59. The molecule has 1 aliphatic heterocycles. The maximum Gasteiger partial charge on any atom is 0.222 e. The largest absolute Gasteiger partial charge is 0.384 e. The molecule has 0 radical (unpaired) electrons. The van der Waals surface area contributed by atoms with Crippen molar-refractivity contribution in [2.45, 2.75) is 63.7 Å². The van der Waals surface area contributed by atoms with Crippen molar-refractivity contribution in [3.8, 4) is 0 Å². The molecule has 1 saturated carbocycles. The van der Waals surface area contributed by atoms with E-state index >= 15 is 0 Å². The molecular weight excluding hydrogens is 333 g/mol. The van der Waals surface area contributed by atoms with Crippen LogP contribution in [0.5, 0.6) is 0 Å². The van der Waals surface area contributed by atoms with Crippen LogP contribution < -0.4 is 5.32 Å². The van der Waals surface area contributed by atoms with Crippen molar-refractivity contribution in [3.05, 3.63) is 35.6 Å². The van der Waals surface area contributed by atoms with Crippen molar-refractivity contribution < 1.29 is 18.7 Å². The molecule has 0 unspecified atom stereocenters. The molecule has 1 aromatic carbocycles. The minimum absolute atomic E-state index is 0.0131. The summed E-state index contributed by atoms with van der Waals surface area (Å²) in [6.45, 7) is 4.74. The summed E-state index contributed by atoms with van der Waals surface area (Å²) in [7, 11) is 1.59. The summed E-state index contributed by atoms with van der Waals surface area (Å²) in [5, 5.41) is 3.24. The minimum Gasteiger partial charge on any atom is -0.384 e. The summed E-state index contributed by atoms with van der Waals surface area (Å²) in [6.07, 6.45) is 3.75. The molecule has 1 N–H and O–H groups in total. The van der Waals surface area contributed by atoms with Gasteiger partial charge in [0, 0.05) is 37.0 Å². The van der Waals surface area contributed by atoms with Crippen LogP contribution in [-0.4, -0.2) is 31.3 Å². The van der Waals surface area contributed by atoms with Gasteiger partial charge in [-0.1, -0.05) is 31.5 Å². The number of benzene rings is 1. The predicted octanol–water partition coefficient (Wildman–Crippen LogP) is 4.00. The number of hydrogen-bond donors (Lipinski definition) is 1. The highest BCUT2D eigenvalue weighted by molar-refractivity contribution is 5.77. The third kappa shape index (κ3) is 4.09. The first-order valence-electron chi connectivity index (χ1n) is 9.63. The van der Waals surface area contributed by atoms with Gasteiger partial charge in [0.2, 0.25) is 5.91 Å². The van der Waals surface area contributed by atoms with Gasteiger partial charge in [-0.3, -0.25) is 4.79 Å². The van der Waals surface area contributed by atoms with Crippen molar-refractivity contribution in [2.24, 2.45) is 11.8 Å². The Bertz CT molecular complexity index is 637. The van der Waals surface area contributed by atoms with E-state index in [9.17, 15) is 9.18 Å². The first kappa shape index (κ1) is 19.3. The van der Waals surface area contributed by atoms with Gasteiger partial charge in [0.15, 0.2) is 0 Å². The van der Waals surface area contributed by atoms with Crippen LogP contribution in [-0.2, 0) is 14.3 Å². The summed E-state index contributed by atoms with van der Waals surface area (Å²) < 4.78 is 25.8. The molecule has 2 aliphatic rings. The minimum atomic E-state index is -0.402. The van der Waals surface area contributed by atoms with Crippen LogP contribution in [0.15, 0.2) is 24.3 Å². The first-order chi connectivity index (χ1) is 12.4. The van der Waals surface area contributed by atoms with Gasteiger partial charge in [-0.05, 0) is 31.7 Å². The highest BCUT2D eigenvalue weighted by atomic mass is 19.1. The van der Waals surface area contributed by atoms with Crippen molar-refractivity contribution in [2.75, 3.05) is 13.7 Å². The van der Waals surface area contributed by atoms with Crippen molar-refractivity contribution in [1.82, 2.24) is 5.32 Å². The van der Waals surface area contributed by atoms with Gasteiger partial charge >= 0.3 is 0 Å². The Hall–Kier alpha value is -1.46. The number of halogens is 1. The number of ether oxygens (including phenoxy) is 2. The van der Waals surface area contributed by atoms with Crippen molar-refractivity contribution >= 4 is 5.91 Å². The molecule has 1 aliphatic carbocycles. The Labute approximate surface area is 155 Å². The Morgan fingerprint density at radius 1 is 1.38 bits per heavy atom. The topological polar surface area (TPSA) is 47.6 Å². The quantitative estimate of drug-likeness (QED) is 0.860. The average molecular weight is 363 g/mol. The Kier molecular flexibility index (Phi) is 5.98. The summed E-state index contributed by atoms with van der Waals surface area (Å²) >= 11 is 0. The van der Waals surface area contributed by atoms with E-state index in [2.05, 4.69) is 19.2 Å². The molecule has 1 saturated heterocycles. The van der Waals surface area contributed by atoms with Crippen molar-refractivity contribution in [1.29, 1.82) is 0 Å². The molecule has 0 bridgehead atoms. The van der Waals surface area contributed by atoms with Crippen LogP contribution in [0.1, 0.15) is 57.6 Å². The number of amides is 1. The van der Waals surface area contributed by atoms with E-state index < -0.39 is 5.54 Å². The molecule has 1 amide bonds. The fourth-order valence-electron chi connectivity index (χ4n) is 4.64. The zero-order chi connectivity index (χ0) is 18.7. The third-order valence-electron chi connectivity index (χ3n) is 6.03. The Morgan fingerprint density at radius 3 is 2.88 bits per heavy atom. The number of nitrogens with one attached hydrogen (secondary N) is 1. The summed E-state index contributed by atoms with van der Waals surface area (Å²) in [6, 6.07) is 6.80. The molecule has 26 heavy (non-hydrogen) atoms. The van der Waals surface area contributed by atoms with Crippen LogP contribution in [0, 0.1) is 17.7 Å². The molecule has 1 aromatic rings. The van der Waals surface area contributed by atoms with Crippen LogP contribution in [0.2, 0.25) is 0 Å². The molecule has 144 valence electrons. The van der Waals surface area contributed by atoms with Gasteiger partial charge in [-0.15, -0.1) is 0 Å². The van der Waals surface area contributed by atoms with E-state index in [1.807, 2.05) is 6.07 Å². The summed E-state index contributed by atoms with van der Waals surface area (Å²) in [5.41, 5.74) is 0.183. The van der Waals surface area contributed by atoms with Crippen LogP contribution in [0.4, 0.5) is 4.39 Å². The van der Waals surface area contributed by atoms with E-state index in [1.165, 1.54) is 6.07 Å². The molecule has 0 aromatic heterocycles. The van der Waals surface area contributed by atoms with Gasteiger partial charge in [-0.25, -0.2) is 4.39 Å². The number of methoxy groups -OCH3 is 1. The zero-order valence-electron chi connectivity index (χ0n) is 16.0. The number of rotatable bonds is 5. The van der Waals surface area contributed by atoms with E-state index in [0.29, 0.717) is 30.9 Å². The van der Waals surface area contributed by atoms with Crippen LogP contribution in [0.3, 0.4) is 0 Å².